The highest BCUT2D eigenvalue weighted by Gasteiger charge is 2.20. The summed E-state index contributed by atoms with van der Waals surface area (Å²) in [6.45, 7) is 6.91. The Morgan fingerprint density at radius 1 is 1.38 bits per heavy atom. The van der Waals surface area contributed by atoms with Gasteiger partial charge in [-0.1, -0.05) is 20.3 Å². The van der Waals surface area contributed by atoms with Crippen LogP contribution in [0.3, 0.4) is 0 Å². The van der Waals surface area contributed by atoms with Gasteiger partial charge < -0.3 is 0 Å². The van der Waals surface area contributed by atoms with Crippen molar-refractivity contribution in [3.05, 3.63) is 0 Å². The van der Waals surface area contributed by atoms with Gasteiger partial charge in [-0.15, -0.1) is 0 Å². The van der Waals surface area contributed by atoms with Gasteiger partial charge in [-0.25, -0.2) is 0 Å². The van der Waals surface area contributed by atoms with Crippen LogP contribution in [0.4, 0.5) is 0 Å². The zero-order chi connectivity index (χ0) is 9.68. The maximum Gasteiger partial charge on any atom is 0.146 e. The lowest BCUT2D eigenvalue weighted by molar-refractivity contribution is -0.120. The van der Waals surface area contributed by atoms with Crippen molar-refractivity contribution in [2.24, 2.45) is 5.92 Å². The molecule has 1 aliphatic carbocycles. The van der Waals surface area contributed by atoms with Crippen molar-refractivity contribution < 1.29 is 4.79 Å². The van der Waals surface area contributed by atoms with Crippen molar-refractivity contribution in [1.82, 2.24) is 4.90 Å². The molecule has 1 saturated carbocycles. The smallest absolute Gasteiger partial charge is 0.146 e. The second kappa shape index (κ2) is 5.38. The molecule has 0 spiro atoms. The maximum atomic E-state index is 11.2. The van der Waals surface area contributed by atoms with Gasteiger partial charge >= 0.3 is 0 Å². The molecule has 0 unspecified atom stereocenters. The molecular formula is C11H21NO. The van der Waals surface area contributed by atoms with Gasteiger partial charge in [-0.3, -0.25) is 9.69 Å². The Hall–Kier alpha value is -0.370. The number of nitrogens with zero attached hydrogens (tertiary/aromatic N) is 1. The Bertz CT molecular complexity index is 163. The molecule has 0 aromatic carbocycles. The molecule has 1 rings (SSSR count). The Balaban J connectivity index is 2.20. The van der Waals surface area contributed by atoms with E-state index in [2.05, 4.69) is 11.8 Å². The molecule has 13 heavy (non-hydrogen) atoms. The molecule has 2 heteroatoms. The van der Waals surface area contributed by atoms with Gasteiger partial charge in [-0.05, 0) is 25.3 Å². The summed E-state index contributed by atoms with van der Waals surface area (Å²) in [4.78, 5) is 13.5. The number of rotatable bonds is 6. The summed E-state index contributed by atoms with van der Waals surface area (Å²) in [6.07, 6.45) is 4.82. The third-order valence-electron chi connectivity index (χ3n) is 2.98. The van der Waals surface area contributed by atoms with Gasteiger partial charge in [0.05, 0.1) is 6.54 Å². The predicted molar refractivity (Wildman–Crippen MR) is 54.8 cm³/mol. The molecular weight excluding hydrogens is 162 g/mol. The Kier molecular flexibility index (Phi) is 4.43. The van der Waals surface area contributed by atoms with Crippen molar-refractivity contribution in [3.63, 3.8) is 0 Å². The van der Waals surface area contributed by atoms with E-state index in [0.29, 0.717) is 18.7 Å². The highest BCUT2D eigenvalue weighted by Crippen LogP contribution is 2.26. The number of ketones is 1. The molecule has 76 valence electrons. The number of hydrogen-bond acceptors (Lipinski definition) is 2. The van der Waals surface area contributed by atoms with Crippen LogP contribution in [0.15, 0.2) is 0 Å². The normalized spacial score (nSPS) is 17.5. The van der Waals surface area contributed by atoms with Crippen LogP contribution in [0.25, 0.3) is 0 Å². The van der Waals surface area contributed by atoms with E-state index in [1.165, 1.54) is 19.3 Å². The van der Waals surface area contributed by atoms with Crippen LogP contribution in [-0.4, -0.2) is 30.3 Å². The standard InChI is InChI=1S/C11H21NO/c1-3-11(13)9-12(4-2)8-10-6-5-7-10/h10H,3-9H2,1-2H3. The van der Waals surface area contributed by atoms with Crippen molar-refractivity contribution in [2.45, 2.75) is 39.5 Å². The Labute approximate surface area is 81.3 Å². The summed E-state index contributed by atoms with van der Waals surface area (Å²) < 4.78 is 0. The topological polar surface area (TPSA) is 20.3 Å². The molecule has 0 heterocycles. The third kappa shape index (κ3) is 3.47. The molecule has 0 atom stereocenters. The number of likely N-dealkylation sites (N-methyl/N-ethyl adjacent to an activating group) is 1. The van der Waals surface area contributed by atoms with Gasteiger partial charge in [0.25, 0.3) is 0 Å². The van der Waals surface area contributed by atoms with Crippen molar-refractivity contribution >= 4 is 5.78 Å². The van der Waals surface area contributed by atoms with E-state index in [1.54, 1.807) is 0 Å². The molecule has 0 N–H and O–H groups in total. The average Bonchev–Trinajstić information content (AvgIpc) is 2.08. The van der Waals surface area contributed by atoms with E-state index >= 15 is 0 Å². The number of carbonyl (C=O) groups excluding carboxylic acids is 1. The van der Waals surface area contributed by atoms with E-state index in [0.717, 1.165) is 19.0 Å². The first-order valence-corrected chi connectivity index (χ1v) is 5.50. The van der Waals surface area contributed by atoms with Crippen LogP contribution in [0.1, 0.15) is 39.5 Å². The lowest BCUT2D eigenvalue weighted by Gasteiger charge is -2.31. The lowest BCUT2D eigenvalue weighted by atomic mass is 9.85. The fourth-order valence-electron chi connectivity index (χ4n) is 1.71. The summed E-state index contributed by atoms with van der Waals surface area (Å²) in [5.41, 5.74) is 0. The highest BCUT2D eigenvalue weighted by molar-refractivity contribution is 5.80. The highest BCUT2D eigenvalue weighted by atomic mass is 16.1. The maximum absolute atomic E-state index is 11.2. The van der Waals surface area contributed by atoms with E-state index in [4.69, 9.17) is 0 Å². The molecule has 0 radical (unpaired) electrons. The first kappa shape index (κ1) is 10.7. The van der Waals surface area contributed by atoms with E-state index in [9.17, 15) is 4.79 Å². The van der Waals surface area contributed by atoms with E-state index < -0.39 is 0 Å². The quantitative estimate of drug-likeness (QED) is 0.628. The van der Waals surface area contributed by atoms with Gasteiger partial charge in [0, 0.05) is 13.0 Å². The van der Waals surface area contributed by atoms with Crippen LogP contribution >= 0.6 is 0 Å². The monoisotopic (exact) mass is 183 g/mol. The first-order valence-electron chi connectivity index (χ1n) is 5.50. The predicted octanol–water partition coefficient (Wildman–Crippen LogP) is 2.09. The van der Waals surface area contributed by atoms with Crippen LogP contribution in [0.5, 0.6) is 0 Å². The zero-order valence-corrected chi connectivity index (χ0v) is 8.88. The molecule has 0 aliphatic heterocycles. The summed E-state index contributed by atoms with van der Waals surface area (Å²) in [5.74, 6) is 1.26. The Morgan fingerprint density at radius 2 is 2.08 bits per heavy atom. The number of hydrogen-bond donors (Lipinski definition) is 0. The molecule has 0 bridgehead atoms. The molecule has 0 amide bonds. The lowest BCUT2D eigenvalue weighted by Crippen LogP contribution is -2.36. The van der Waals surface area contributed by atoms with Gasteiger partial charge in [0.1, 0.15) is 5.78 Å². The van der Waals surface area contributed by atoms with E-state index in [1.807, 2.05) is 6.92 Å². The summed E-state index contributed by atoms with van der Waals surface area (Å²) in [5, 5.41) is 0. The largest absolute Gasteiger partial charge is 0.298 e. The fraction of sp³-hybridized carbons (Fsp3) is 0.909. The molecule has 2 nitrogen and oxygen atoms in total. The molecule has 0 aromatic rings. The minimum atomic E-state index is 0.376. The fourth-order valence-corrected chi connectivity index (χ4v) is 1.71. The van der Waals surface area contributed by atoms with Gasteiger partial charge in [0.2, 0.25) is 0 Å². The van der Waals surface area contributed by atoms with Crippen LogP contribution < -0.4 is 0 Å². The van der Waals surface area contributed by atoms with Crippen LogP contribution in [-0.2, 0) is 4.79 Å². The van der Waals surface area contributed by atoms with Gasteiger partial charge in [-0.2, -0.15) is 0 Å². The zero-order valence-electron chi connectivity index (χ0n) is 8.88. The third-order valence-corrected chi connectivity index (χ3v) is 2.98. The summed E-state index contributed by atoms with van der Waals surface area (Å²) in [6, 6.07) is 0. The minimum absolute atomic E-state index is 0.376. The molecule has 1 aliphatic rings. The second-order valence-electron chi connectivity index (χ2n) is 4.02. The van der Waals surface area contributed by atoms with Gasteiger partial charge in [0.15, 0.2) is 0 Å². The number of carbonyl (C=O) groups is 1. The van der Waals surface area contributed by atoms with Crippen molar-refractivity contribution in [1.29, 1.82) is 0 Å². The summed E-state index contributed by atoms with van der Waals surface area (Å²) >= 11 is 0. The Morgan fingerprint density at radius 3 is 2.46 bits per heavy atom. The van der Waals surface area contributed by atoms with Crippen molar-refractivity contribution in [2.75, 3.05) is 19.6 Å². The second-order valence-corrected chi connectivity index (χ2v) is 4.02. The molecule has 0 aromatic heterocycles. The summed E-state index contributed by atoms with van der Waals surface area (Å²) in [7, 11) is 0. The average molecular weight is 183 g/mol. The number of Topliss-reactive ketones (excluding diaryl/α,β-unsaturated/α-hetero) is 1. The molecule has 0 saturated heterocycles. The molecule has 1 fully saturated rings. The van der Waals surface area contributed by atoms with E-state index in [-0.39, 0.29) is 0 Å². The van der Waals surface area contributed by atoms with Crippen molar-refractivity contribution in [3.8, 4) is 0 Å². The van der Waals surface area contributed by atoms with Crippen LogP contribution in [0.2, 0.25) is 0 Å². The SMILES string of the molecule is CCC(=O)CN(CC)CC1CCC1. The van der Waals surface area contributed by atoms with Crippen LogP contribution in [0, 0.1) is 5.92 Å². The first-order chi connectivity index (χ1) is 6.26. The minimum Gasteiger partial charge on any atom is -0.298 e.